The molecule has 0 bridgehead atoms. The van der Waals surface area contributed by atoms with Crippen LogP contribution in [-0.2, 0) is 9.59 Å². The first-order chi connectivity index (χ1) is 6.99. The summed E-state index contributed by atoms with van der Waals surface area (Å²) in [6.45, 7) is 2.93. The van der Waals surface area contributed by atoms with Gasteiger partial charge in [0.2, 0.25) is 0 Å². The summed E-state index contributed by atoms with van der Waals surface area (Å²) in [7, 11) is 0. The Morgan fingerprint density at radius 1 is 1.33 bits per heavy atom. The Morgan fingerprint density at radius 2 is 1.87 bits per heavy atom. The standard InChI is InChI=1S/C9H10O2.C2H4O2/c1-2-7-5-3-4-6-8(7)9(10)11;1-2(3)4/h2-6,8H,1H3,(H,10,11);1H3,(H,3,4). The van der Waals surface area contributed by atoms with E-state index in [1.165, 1.54) is 0 Å². The van der Waals surface area contributed by atoms with Crippen molar-refractivity contribution in [3.63, 3.8) is 0 Å². The normalized spacial score (nSPS) is 20.7. The second-order valence-electron chi connectivity index (χ2n) is 2.87. The molecule has 1 aliphatic rings. The Bertz CT molecular complexity index is 319. The van der Waals surface area contributed by atoms with Crippen LogP contribution < -0.4 is 0 Å². The molecule has 0 saturated carbocycles. The number of carboxylic acids is 2. The van der Waals surface area contributed by atoms with Crippen LogP contribution in [0, 0.1) is 5.92 Å². The van der Waals surface area contributed by atoms with Crippen LogP contribution >= 0.6 is 0 Å². The summed E-state index contributed by atoms with van der Waals surface area (Å²) in [6, 6.07) is 0. The molecule has 0 aromatic carbocycles. The molecule has 82 valence electrons. The lowest BCUT2D eigenvalue weighted by Crippen LogP contribution is -2.13. The molecule has 1 rings (SSSR count). The molecular weight excluding hydrogens is 196 g/mol. The fourth-order valence-corrected chi connectivity index (χ4v) is 1.06. The van der Waals surface area contributed by atoms with E-state index in [0.29, 0.717) is 0 Å². The van der Waals surface area contributed by atoms with E-state index in [9.17, 15) is 4.79 Å². The maximum Gasteiger partial charge on any atom is 0.314 e. The van der Waals surface area contributed by atoms with Crippen LogP contribution in [0.3, 0.4) is 0 Å². The van der Waals surface area contributed by atoms with Gasteiger partial charge in [0, 0.05) is 6.92 Å². The highest BCUT2D eigenvalue weighted by Crippen LogP contribution is 2.18. The topological polar surface area (TPSA) is 74.6 Å². The zero-order valence-corrected chi connectivity index (χ0v) is 8.68. The van der Waals surface area contributed by atoms with Crippen molar-refractivity contribution in [1.29, 1.82) is 0 Å². The second kappa shape index (κ2) is 6.59. The summed E-state index contributed by atoms with van der Waals surface area (Å²) < 4.78 is 0. The summed E-state index contributed by atoms with van der Waals surface area (Å²) in [4.78, 5) is 19.6. The number of aliphatic carboxylic acids is 2. The molecule has 4 heteroatoms. The first-order valence-corrected chi connectivity index (χ1v) is 4.42. The van der Waals surface area contributed by atoms with Gasteiger partial charge in [-0.2, -0.15) is 0 Å². The van der Waals surface area contributed by atoms with E-state index in [1.54, 1.807) is 12.2 Å². The zero-order valence-electron chi connectivity index (χ0n) is 8.68. The molecule has 1 unspecified atom stereocenters. The Labute approximate surface area is 88.2 Å². The van der Waals surface area contributed by atoms with E-state index in [1.807, 2.05) is 25.2 Å². The maximum absolute atomic E-state index is 10.6. The van der Waals surface area contributed by atoms with Gasteiger partial charge in [0.15, 0.2) is 0 Å². The minimum atomic E-state index is -0.833. The average Bonchev–Trinajstić information content (AvgIpc) is 2.16. The molecule has 0 saturated heterocycles. The molecule has 15 heavy (non-hydrogen) atoms. The molecule has 1 aliphatic carbocycles. The predicted molar refractivity (Wildman–Crippen MR) is 56.5 cm³/mol. The average molecular weight is 210 g/mol. The summed E-state index contributed by atoms with van der Waals surface area (Å²) in [5.41, 5.74) is 0.847. The molecule has 0 spiro atoms. The third-order valence-corrected chi connectivity index (χ3v) is 1.66. The van der Waals surface area contributed by atoms with E-state index in [-0.39, 0.29) is 0 Å². The van der Waals surface area contributed by atoms with Gasteiger partial charge in [-0.1, -0.05) is 30.4 Å². The van der Waals surface area contributed by atoms with Gasteiger partial charge in [-0.3, -0.25) is 9.59 Å². The molecule has 0 heterocycles. The second-order valence-corrected chi connectivity index (χ2v) is 2.87. The van der Waals surface area contributed by atoms with Crippen LogP contribution in [0.1, 0.15) is 13.8 Å². The number of rotatable bonds is 1. The fraction of sp³-hybridized carbons (Fsp3) is 0.273. The Balaban J connectivity index is 0.000000423. The quantitative estimate of drug-likeness (QED) is 0.692. The monoisotopic (exact) mass is 210 g/mol. The number of carboxylic acid groups (broad SMARTS) is 2. The summed E-state index contributed by atoms with van der Waals surface area (Å²) in [5.74, 6) is -2.08. The van der Waals surface area contributed by atoms with Crippen molar-refractivity contribution in [3.05, 3.63) is 36.0 Å². The molecular formula is C11H14O4. The lowest BCUT2D eigenvalue weighted by Gasteiger charge is -2.10. The first-order valence-electron chi connectivity index (χ1n) is 4.42. The third-order valence-electron chi connectivity index (χ3n) is 1.66. The van der Waals surface area contributed by atoms with E-state index in [2.05, 4.69) is 0 Å². The van der Waals surface area contributed by atoms with E-state index < -0.39 is 17.9 Å². The Hall–Kier alpha value is -1.84. The highest BCUT2D eigenvalue weighted by molar-refractivity contribution is 5.77. The van der Waals surface area contributed by atoms with Crippen molar-refractivity contribution in [2.24, 2.45) is 5.92 Å². The van der Waals surface area contributed by atoms with Crippen LogP contribution in [0.25, 0.3) is 0 Å². The summed E-state index contributed by atoms with van der Waals surface area (Å²) >= 11 is 0. The third kappa shape index (κ3) is 5.46. The molecule has 2 N–H and O–H groups in total. The van der Waals surface area contributed by atoms with Crippen LogP contribution in [0.2, 0.25) is 0 Å². The van der Waals surface area contributed by atoms with Crippen LogP contribution in [0.5, 0.6) is 0 Å². The lowest BCUT2D eigenvalue weighted by molar-refractivity contribution is -0.139. The van der Waals surface area contributed by atoms with E-state index >= 15 is 0 Å². The van der Waals surface area contributed by atoms with Gasteiger partial charge in [0.05, 0.1) is 5.92 Å². The van der Waals surface area contributed by atoms with Crippen LogP contribution in [0.4, 0.5) is 0 Å². The van der Waals surface area contributed by atoms with Crippen LogP contribution in [0.15, 0.2) is 36.0 Å². The minimum absolute atomic E-state index is 0.454. The SMILES string of the molecule is CC(=O)O.CC=C1C=CC=CC1C(=O)O. The molecule has 0 aliphatic heterocycles. The largest absolute Gasteiger partial charge is 0.481 e. The number of hydrogen-bond donors (Lipinski definition) is 2. The lowest BCUT2D eigenvalue weighted by atomic mass is 9.95. The van der Waals surface area contributed by atoms with E-state index in [4.69, 9.17) is 15.0 Å². The molecule has 0 aromatic heterocycles. The molecule has 0 fully saturated rings. The number of allylic oxidation sites excluding steroid dienone is 4. The predicted octanol–water partition coefficient (Wildman–Crippen LogP) is 1.85. The van der Waals surface area contributed by atoms with Crippen LogP contribution in [-0.4, -0.2) is 22.2 Å². The Kier molecular flexibility index (Phi) is 5.78. The first kappa shape index (κ1) is 13.2. The fourth-order valence-electron chi connectivity index (χ4n) is 1.06. The van der Waals surface area contributed by atoms with Crippen molar-refractivity contribution in [3.8, 4) is 0 Å². The smallest absolute Gasteiger partial charge is 0.314 e. The maximum atomic E-state index is 10.6. The molecule has 4 nitrogen and oxygen atoms in total. The van der Waals surface area contributed by atoms with Crippen molar-refractivity contribution in [2.45, 2.75) is 13.8 Å². The molecule has 1 atom stereocenters. The molecule has 0 aromatic rings. The van der Waals surface area contributed by atoms with Crippen molar-refractivity contribution in [1.82, 2.24) is 0 Å². The van der Waals surface area contributed by atoms with Gasteiger partial charge in [-0.05, 0) is 12.5 Å². The van der Waals surface area contributed by atoms with Gasteiger partial charge in [0.1, 0.15) is 0 Å². The number of carbonyl (C=O) groups is 2. The van der Waals surface area contributed by atoms with Gasteiger partial charge >= 0.3 is 5.97 Å². The summed E-state index contributed by atoms with van der Waals surface area (Å²) in [6.07, 6.45) is 8.91. The minimum Gasteiger partial charge on any atom is -0.481 e. The molecule has 0 amide bonds. The molecule has 0 radical (unpaired) electrons. The summed E-state index contributed by atoms with van der Waals surface area (Å²) in [5, 5.41) is 16.1. The number of hydrogen-bond acceptors (Lipinski definition) is 2. The Morgan fingerprint density at radius 3 is 2.20 bits per heavy atom. The highest BCUT2D eigenvalue weighted by atomic mass is 16.4. The van der Waals surface area contributed by atoms with Crippen molar-refractivity contribution in [2.75, 3.05) is 0 Å². The van der Waals surface area contributed by atoms with E-state index in [0.717, 1.165) is 12.5 Å². The van der Waals surface area contributed by atoms with Gasteiger partial charge in [0.25, 0.3) is 5.97 Å². The van der Waals surface area contributed by atoms with Gasteiger partial charge < -0.3 is 10.2 Å². The zero-order chi connectivity index (χ0) is 11.8. The van der Waals surface area contributed by atoms with Crippen molar-refractivity contribution < 1.29 is 19.8 Å². The van der Waals surface area contributed by atoms with Gasteiger partial charge in [-0.25, -0.2) is 0 Å². The highest BCUT2D eigenvalue weighted by Gasteiger charge is 2.17. The van der Waals surface area contributed by atoms with Gasteiger partial charge in [-0.15, -0.1) is 0 Å². The van der Waals surface area contributed by atoms with Crippen molar-refractivity contribution >= 4 is 11.9 Å².